The van der Waals surface area contributed by atoms with Gasteiger partial charge in [-0.15, -0.1) is 0 Å². The van der Waals surface area contributed by atoms with Gasteiger partial charge in [-0.2, -0.15) is 0 Å². The summed E-state index contributed by atoms with van der Waals surface area (Å²) in [5.41, 5.74) is 3.22. The van der Waals surface area contributed by atoms with E-state index in [2.05, 4.69) is 20.7 Å². The molecule has 1 aromatic rings. The lowest BCUT2D eigenvalue weighted by Crippen LogP contribution is -2.44. The molecule has 1 aromatic heterocycles. The van der Waals surface area contributed by atoms with Gasteiger partial charge in [-0.25, -0.2) is 15.8 Å². The summed E-state index contributed by atoms with van der Waals surface area (Å²) in [5.74, 6) is 7.51. The highest BCUT2D eigenvalue weighted by molar-refractivity contribution is 5.57. The topological polar surface area (TPSA) is 96.1 Å². The summed E-state index contributed by atoms with van der Waals surface area (Å²) in [7, 11) is 0. The van der Waals surface area contributed by atoms with E-state index in [0.29, 0.717) is 11.6 Å². The fourth-order valence-electron chi connectivity index (χ4n) is 2.69. The third kappa shape index (κ3) is 2.96. The average Bonchev–Trinajstić information content (AvgIpc) is 2.43. The second kappa shape index (κ2) is 5.71. The summed E-state index contributed by atoms with van der Waals surface area (Å²) in [6.07, 6.45) is 5.45. The van der Waals surface area contributed by atoms with Gasteiger partial charge in [0.2, 0.25) is 0 Å². The maximum atomic E-state index is 9.74. The van der Waals surface area contributed by atoms with Gasteiger partial charge in [-0.3, -0.25) is 0 Å². The van der Waals surface area contributed by atoms with Crippen molar-refractivity contribution in [3.05, 3.63) is 11.4 Å². The molecule has 0 bridgehead atoms. The van der Waals surface area contributed by atoms with Crippen LogP contribution in [0.2, 0.25) is 0 Å². The summed E-state index contributed by atoms with van der Waals surface area (Å²) in [6, 6.07) is 0. The number of aryl methyl sites for hydroxylation is 1. The lowest BCUT2D eigenvalue weighted by atomic mass is 9.82. The van der Waals surface area contributed by atoms with Crippen LogP contribution >= 0.6 is 0 Å². The standard InChI is InChI=1S/C13H23N5O/c1-9-11(15-10(2)16-12(9)18-14)17-13(8-19)6-4-3-5-7-13/h19H,3-8,14H2,1-2H3,(H2,15,16,17,18). The Morgan fingerprint density at radius 3 is 2.37 bits per heavy atom. The van der Waals surface area contributed by atoms with Crippen molar-refractivity contribution in [2.75, 3.05) is 17.3 Å². The quantitative estimate of drug-likeness (QED) is 0.486. The molecular formula is C13H23N5O. The molecule has 0 aliphatic heterocycles. The number of aromatic nitrogens is 2. The highest BCUT2D eigenvalue weighted by atomic mass is 16.3. The fraction of sp³-hybridized carbons (Fsp3) is 0.692. The minimum atomic E-state index is -0.254. The van der Waals surface area contributed by atoms with Crippen LogP contribution in [0.4, 0.5) is 11.6 Å². The molecule has 1 fully saturated rings. The number of hydrogen-bond acceptors (Lipinski definition) is 6. The van der Waals surface area contributed by atoms with E-state index in [4.69, 9.17) is 5.84 Å². The van der Waals surface area contributed by atoms with Gasteiger partial charge in [0.15, 0.2) is 0 Å². The molecule has 0 amide bonds. The number of hydrazine groups is 1. The summed E-state index contributed by atoms with van der Waals surface area (Å²) >= 11 is 0. The summed E-state index contributed by atoms with van der Waals surface area (Å²) < 4.78 is 0. The molecular weight excluding hydrogens is 242 g/mol. The van der Waals surface area contributed by atoms with Gasteiger partial charge in [0, 0.05) is 5.56 Å². The Morgan fingerprint density at radius 1 is 1.16 bits per heavy atom. The molecule has 6 heteroatoms. The first-order valence-electron chi connectivity index (χ1n) is 6.81. The first-order chi connectivity index (χ1) is 9.10. The Morgan fingerprint density at radius 2 is 1.79 bits per heavy atom. The van der Waals surface area contributed by atoms with Crippen LogP contribution in [-0.4, -0.2) is 27.2 Å². The Balaban J connectivity index is 2.28. The van der Waals surface area contributed by atoms with Gasteiger partial charge < -0.3 is 15.8 Å². The van der Waals surface area contributed by atoms with Crippen molar-refractivity contribution in [3.63, 3.8) is 0 Å². The van der Waals surface area contributed by atoms with Crippen molar-refractivity contribution >= 4 is 11.6 Å². The maximum Gasteiger partial charge on any atom is 0.148 e. The second-order valence-corrected chi connectivity index (χ2v) is 5.36. The Hall–Kier alpha value is -1.40. The number of nitrogens with zero attached hydrogens (tertiary/aromatic N) is 2. The van der Waals surface area contributed by atoms with Crippen molar-refractivity contribution < 1.29 is 5.11 Å². The molecule has 0 atom stereocenters. The molecule has 106 valence electrons. The van der Waals surface area contributed by atoms with Crippen LogP contribution in [0.15, 0.2) is 0 Å². The number of anilines is 2. The molecule has 0 spiro atoms. The third-order valence-corrected chi connectivity index (χ3v) is 3.89. The minimum absolute atomic E-state index is 0.126. The zero-order valence-electron chi connectivity index (χ0n) is 11.7. The molecule has 1 saturated carbocycles. The molecule has 5 N–H and O–H groups in total. The van der Waals surface area contributed by atoms with Gasteiger partial charge in [-0.05, 0) is 26.7 Å². The van der Waals surface area contributed by atoms with Crippen molar-refractivity contribution in [1.29, 1.82) is 0 Å². The van der Waals surface area contributed by atoms with Gasteiger partial charge in [0.25, 0.3) is 0 Å². The average molecular weight is 265 g/mol. The van der Waals surface area contributed by atoms with Crippen LogP contribution in [-0.2, 0) is 0 Å². The monoisotopic (exact) mass is 265 g/mol. The zero-order valence-corrected chi connectivity index (χ0v) is 11.7. The minimum Gasteiger partial charge on any atom is -0.394 e. The number of nitrogens with one attached hydrogen (secondary N) is 2. The number of aliphatic hydroxyl groups excluding tert-OH is 1. The molecule has 1 aliphatic rings. The molecule has 0 unspecified atom stereocenters. The first-order valence-corrected chi connectivity index (χ1v) is 6.81. The van der Waals surface area contributed by atoms with E-state index >= 15 is 0 Å². The van der Waals surface area contributed by atoms with Crippen LogP contribution in [0, 0.1) is 13.8 Å². The molecule has 0 saturated heterocycles. The Labute approximate surface area is 113 Å². The predicted octanol–water partition coefficient (Wildman–Crippen LogP) is 1.49. The molecule has 2 rings (SSSR count). The third-order valence-electron chi connectivity index (χ3n) is 3.89. The molecule has 19 heavy (non-hydrogen) atoms. The Kier molecular flexibility index (Phi) is 4.21. The van der Waals surface area contributed by atoms with Crippen LogP contribution in [0.5, 0.6) is 0 Å². The van der Waals surface area contributed by atoms with Crippen molar-refractivity contribution in [2.45, 2.75) is 51.5 Å². The van der Waals surface area contributed by atoms with Gasteiger partial charge in [0.05, 0.1) is 12.1 Å². The summed E-state index contributed by atoms with van der Waals surface area (Å²) in [5, 5.41) is 13.2. The van der Waals surface area contributed by atoms with E-state index in [9.17, 15) is 5.11 Å². The van der Waals surface area contributed by atoms with E-state index in [1.807, 2.05) is 13.8 Å². The van der Waals surface area contributed by atoms with E-state index in [1.54, 1.807) is 0 Å². The van der Waals surface area contributed by atoms with Gasteiger partial charge >= 0.3 is 0 Å². The second-order valence-electron chi connectivity index (χ2n) is 5.36. The van der Waals surface area contributed by atoms with E-state index in [1.165, 1.54) is 6.42 Å². The first kappa shape index (κ1) is 14.0. The van der Waals surface area contributed by atoms with Gasteiger partial charge in [-0.1, -0.05) is 19.3 Å². The largest absolute Gasteiger partial charge is 0.394 e. The van der Waals surface area contributed by atoms with Gasteiger partial charge in [0.1, 0.15) is 17.5 Å². The van der Waals surface area contributed by atoms with Crippen molar-refractivity contribution in [2.24, 2.45) is 5.84 Å². The van der Waals surface area contributed by atoms with E-state index in [-0.39, 0.29) is 12.1 Å². The molecule has 0 aromatic carbocycles. The maximum absolute atomic E-state index is 9.74. The van der Waals surface area contributed by atoms with Crippen molar-refractivity contribution in [1.82, 2.24) is 9.97 Å². The number of hydrogen-bond donors (Lipinski definition) is 4. The number of aliphatic hydroxyl groups is 1. The number of rotatable bonds is 4. The molecule has 6 nitrogen and oxygen atoms in total. The molecule has 0 radical (unpaired) electrons. The lowest BCUT2D eigenvalue weighted by molar-refractivity contribution is 0.172. The zero-order chi connectivity index (χ0) is 13.9. The van der Waals surface area contributed by atoms with E-state index in [0.717, 1.165) is 37.1 Å². The SMILES string of the molecule is Cc1nc(NN)c(C)c(NC2(CO)CCCCC2)n1. The summed E-state index contributed by atoms with van der Waals surface area (Å²) in [4.78, 5) is 8.68. The van der Waals surface area contributed by atoms with Crippen LogP contribution in [0.1, 0.15) is 43.5 Å². The molecule has 1 heterocycles. The predicted molar refractivity (Wildman–Crippen MR) is 75.8 cm³/mol. The van der Waals surface area contributed by atoms with Crippen LogP contribution in [0.3, 0.4) is 0 Å². The van der Waals surface area contributed by atoms with Crippen molar-refractivity contribution in [3.8, 4) is 0 Å². The molecule has 1 aliphatic carbocycles. The Bertz CT molecular complexity index is 443. The summed E-state index contributed by atoms with van der Waals surface area (Å²) in [6.45, 7) is 3.88. The van der Waals surface area contributed by atoms with Crippen LogP contribution in [0.25, 0.3) is 0 Å². The smallest absolute Gasteiger partial charge is 0.148 e. The van der Waals surface area contributed by atoms with E-state index < -0.39 is 0 Å². The highest BCUT2D eigenvalue weighted by Crippen LogP contribution is 2.32. The van der Waals surface area contributed by atoms with Crippen LogP contribution < -0.4 is 16.6 Å². The lowest BCUT2D eigenvalue weighted by Gasteiger charge is -2.37. The number of nitrogens with two attached hydrogens (primary N) is 1. The highest BCUT2D eigenvalue weighted by Gasteiger charge is 2.32. The normalized spacial score (nSPS) is 18.1. The number of nitrogen functional groups attached to an aromatic ring is 1. The fourth-order valence-corrected chi connectivity index (χ4v) is 2.69.